The second-order valence-corrected chi connectivity index (χ2v) is 5.24. The Labute approximate surface area is 113 Å². The summed E-state index contributed by atoms with van der Waals surface area (Å²) in [5, 5.41) is 3.19. The first kappa shape index (κ1) is 12.2. The Kier molecular flexibility index (Phi) is 2.82. The van der Waals surface area contributed by atoms with Gasteiger partial charge in [0, 0.05) is 31.9 Å². The number of hydrogen-bond acceptors (Lipinski definition) is 2. The number of aromatic nitrogens is 3. The van der Waals surface area contributed by atoms with Crippen LogP contribution in [0.1, 0.15) is 16.8 Å². The number of nitrogens with one attached hydrogen (secondary N) is 1. The van der Waals surface area contributed by atoms with E-state index < -0.39 is 0 Å². The highest BCUT2D eigenvalue weighted by Crippen LogP contribution is 2.22. The summed E-state index contributed by atoms with van der Waals surface area (Å²) in [6.07, 6.45) is 3.22. The van der Waals surface area contributed by atoms with E-state index in [9.17, 15) is 0 Å². The van der Waals surface area contributed by atoms with E-state index in [1.165, 1.54) is 22.3 Å². The molecule has 0 saturated heterocycles. The summed E-state index contributed by atoms with van der Waals surface area (Å²) >= 11 is 0. The van der Waals surface area contributed by atoms with Gasteiger partial charge in [0.1, 0.15) is 0 Å². The largest absolute Gasteiger partial charge is 0.319 e. The Bertz CT molecular complexity index is 749. The van der Waals surface area contributed by atoms with Gasteiger partial charge >= 0.3 is 0 Å². The molecule has 0 bridgehead atoms. The third-order valence-corrected chi connectivity index (χ3v) is 3.93. The van der Waals surface area contributed by atoms with Crippen molar-refractivity contribution in [2.75, 3.05) is 13.6 Å². The van der Waals surface area contributed by atoms with Crippen LogP contribution in [-0.2, 0) is 13.5 Å². The van der Waals surface area contributed by atoms with Crippen LogP contribution in [0.4, 0.5) is 0 Å². The molecule has 4 heteroatoms. The molecule has 0 unspecified atom stereocenters. The van der Waals surface area contributed by atoms with E-state index >= 15 is 0 Å². The van der Waals surface area contributed by atoms with Crippen molar-refractivity contribution in [3.05, 3.63) is 35.2 Å². The summed E-state index contributed by atoms with van der Waals surface area (Å²) in [6.45, 7) is 5.27. The lowest BCUT2D eigenvalue weighted by atomic mass is 10.1. The van der Waals surface area contributed by atoms with Crippen LogP contribution >= 0.6 is 0 Å². The van der Waals surface area contributed by atoms with Crippen LogP contribution in [0, 0.1) is 13.8 Å². The van der Waals surface area contributed by atoms with Crippen molar-refractivity contribution in [1.29, 1.82) is 0 Å². The Morgan fingerprint density at radius 3 is 2.68 bits per heavy atom. The average Bonchev–Trinajstić information content (AvgIpc) is 2.86. The summed E-state index contributed by atoms with van der Waals surface area (Å²) in [5.74, 6) is 1.02. The highest BCUT2D eigenvalue weighted by Gasteiger charge is 2.12. The zero-order chi connectivity index (χ0) is 13.6. The Morgan fingerprint density at radius 2 is 1.95 bits per heavy atom. The molecule has 3 rings (SSSR count). The molecular formula is C15H20N4. The van der Waals surface area contributed by atoms with E-state index in [4.69, 9.17) is 4.98 Å². The van der Waals surface area contributed by atoms with E-state index in [0.29, 0.717) is 0 Å². The molecule has 1 aromatic carbocycles. The predicted octanol–water partition coefficient (Wildman–Crippen LogP) is 2.20. The maximum absolute atomic E-state index is 4.75. The molecule has 0 atom stereocenters. The first-order valence-electron chi connectivity index (χ1n) is 6.70. The van der Waals surface area contributed by atoms with Gasteiger partial charge in [-0.15, -0.1) is 0 Å². The number of rotatable bonds is 3. The maximum Gasteiger partial charge on any atom is 0.214 e. The fourth-order valence-electron chi connectivity index (χ4n) is 2.55. The van der Waals surface area contributed by atoms with Crippen molar-refractivity contribution >= 4 is 16.8 Å². The van der Waals surface area contributed by atoms with Gasteiger partial charge < -0.3 is 9.88 Å². The van der Waals surface area contributed by atoms with Gasteiger partial charge in [0.15, 0.2) is 0 Å². The third kappa shape index (κ3) is 1.83. The summed E-state index contributed by atoms with van der Waals surface area (Å²) in [5.41, 5.74) is 6.19. The van der Waals surface area contributed by atoms with E-state index in [2.05, 4.69) is 53.5 Å². The molecule has 100 valence electrons. The van der Waals surface area contributed by atoms with Crippen LogP contribution in [0.3, 0.4) is 0 Å². The van der Waals surface area contributed by atoms with Crippen LogP contribution in [0.25, 0.3) is 16.8 Å². The molecule has 0 aliphatic heterocycles. The topological polar surface area (TPSA) is 34.3 Å². The van der Waals surface area contributed by atoms with Gasteiger partial charge in [-0.3, -0.25) is 4.40 Å². The second kappa shape index (κ2) is 4.38. The van der Waals surface area contributed by atoms with Gasteiger partial charge in [-0.2, -0.15) is 0 Å². The molecule has 0 saturated carbocycles. The molecule has 4 nitrogen and oxygen atoms in total. The number of nitrogens with zero attached hydrogens (tertiary/aromatic N) is 3. The minimum Gasteiger partial charge on any atom is -0.319 e. The standard InChI is InChI=1S/C15H20N4/c1-10-7-13-14(8-11(10)2)19-9-12(5-6-16-3)18(4)15(19)17-13/h7-9,16H,5-6H2,1-4H3. The molecule has 19 heavy (non-hydrogen) atoms. The van der Waals surface area contributed by atoms with Gasteiger partial charge in [-0.25, -0.2) is 4.98 Å². The van der Waals surface area contributed by atoms with Crippen LogP contribution < -0.4 is 5.32 Å². The summed E-state index contributed by atoms with van der Waals surface area (Å²) in [6, 6.07) is 4.40. The van der Waals surface area contributed by atoms with Gasteiger partial charge in [0.2, 0.25) is 5.78 Å². The Morgan fingerprint density at radius 1 is 1.21 bits per heavy atom. The van der Waals surface area contributed by atoms with Crippen molar-refractivity contribution in [2.24, 2.45) is 7.05 Å². The molecule has 0 aliphatic rings. The number of likely N-dealkylation sites (N-methyl/N-ethyl adjacent to an activating group) is 1. The summed E-state index contributed by atoms with van der Waals surface area (Å²) < 4.78 is 4.38. The van der Waals surface area contributed by atoms with E-state index in [0.717, 1.165) is 24.3 Å². The molecule has 0 spiro atoms. The van der Waals surface area contributed by atoms with Gasteiger partial charge in [-0.1, -0.05) is 0 Å². The van der Waals surface area contributed by atoms with Gasteiger partial charge in [-0.05, 0) is 44.2 Å². The van der Waals surface area contributed by atoms with Crippen LogP contribution in [0.5, 0.6) is 0 Å². The molecule has 2 aromatic heterocycles. The highest BCUT2D eigenvalue weighted by molar-refractivity contribution is 5.81. The van der Waals surface area contributed by atoms with Crippen LogP contribution in [-0.4, -0.2) is 27.5 Å². The normalized spacial score (nSPS) is 11.8. The fraction of sp³-hybridized carbons (Fsp3) is 0.400. The molecule has 0 fully saturated rings. The number of imidazole rings is 2. The molecular weight excluding hydrogens is 236 g/mol. The van der Waals surface area contributed by atoms with Crippen molar-refractivity contribution < 1.29 is 0 Å². The molecule has 0 amide bonds. The summed E-state index contributed by atoms with van der Waals surface area (Å²) in [4.78, 5) is 4.75. The fourth-order valence-corrected chi connectivity index (χ4v) is 2.55. The number of aryl methyl sites for hydroxylation is 3. The lowest BCUT2D eigenvalue weighted by Gasteiger charge is -2.01. The quantitative estimate of drug-likeness (QED) is 0.779. The zero-order valence-electron chi connectivity index (χ0n) is 12.0. The van der Waals surface area contributed by atoms with Gasteiger partial charge in [0.05, 0.1) is 11.0 Å². The molecule has 0 radical (unpaired) electrons. The highest BCUT2D eigenvalue weighted by atomic mass is 15.2. The van der Waals surface area contributed by atoms with Crippen LogP contribution in [0.15, 0.2) is 18.3 Å². The van der Waals surface area contributed by atoms with Crippen LogP contribution in [0.2, 0.25) is 0 Å². The minimum atomic E-state index is 0.983. The maximum atomic E-state index is 4.75. The smallest absolute Gasteiger partial charge is 0.214 e. The Balaban J connectivity index is 2.22. The first-order chi connectivity index (χ1) is 9.11. The third-order valence-electron chi connectivity index (χ3n) is 3.93. The van der Waals surface area contributed by atoms with Crippen molar-refractivity contribution in [1.82, 2.24) is 19.3 Å². The van der Waals surface area contributed by atoms with E-state index in [-0.39, 0.29) is 0 Å². The second-order valence-electron chi connectivity index (χ2n) is 5.24. The molecule has 2 heterocycles. The van der Waals surface area contributed by atoms with Crippen molar-refractivity contribution in [3.8, 4) is 0 Å². The molecule has 1 N–H and O–H groups in total. The van der Waals surface area contributed by atoms with Crippen molar-refractivity contribution in [3.63, 3.8) is 0 Å². The molecule has 0 aliphatic carbocycles. The number of benzene rings is 1. The average molecular weight is 256 g/mol. The van der Waals surface area contributed by atoms with E-state index in [1.54, 1.807) is 0 Å². The lowest BCUT2D eigenvalue weighted by Crippen LogP contribution is -2.12. The zero-order valence-corrected chi connectivity index (χ0v) is 12.0. The minimum absolute atomic E-state index is 0.983. The predicted molar refractivity (Wildman–Crippen MR) is 78.8 cm³/mol. The lowest BCUT2D eigenvalue weighted by molar-refractivity contribution is 0.744. The van der Waals surface area contributed by atoms with Gasteiger partial charge in [0.25, 0.3) is 0 Å². The molecule has 3 aromatic rings. The number of fused-ring (bicyclic) bond motifs is 3. The monoisotopic (exact) mass is 256 g/mol. The number of hydrogen-bond donors (Lipinski definition) is 1. The Hall–Kier alpha value is -1.81. The SMILES string of the molecule is CNCCc1cn2c3cc(C)c(C)cc3nc2n1C. The van der Waals surface area contributed by atoms with Crippen molar-refractivity contribution in [2.45, 2.75) is 20.3 Å². The van der Waals surface area contributed by atoms with E-state index in [1.807, 2.05) is 7.05 Å². The summed E-state index contributed by atoms with van der Waals surface area (Å²) in [7, 11) is 4.07. The first-order valence-corrected chi connectivity index (χ1v) is 6.70.